The van der Waals surface area contributed by atoms with Gasteiger partial charge in [0, 0.05) is 44.3 Å². The summed E-state index contributed by atoms with van der Waals surface area (Å²) in [6.45, 7) is 7.63. The van der Waals surface area contributed by atoms with Crippen LogP contribution < -0.4 is 10.1 Å². The lowest BCUT2D eigenvalue weighted by Gasteiger charge is -2.44. The molecule has 0 unspecified atom stereocenters. The number of halogens is 1. The molecule has 6 nitrogen and oxygen atoms in total. The van der Waals surface area contributed by atoms with Crippen LogP contribution in [0.25, 0.3) is 0 Å². The maximum absolute atomic E-state index is 13.1. The Morgan fingerprint density at radius 1 is 1.03 bits per heavy atom. The summed E-state index contributed by atoms with van der Waals surface area (Å²) >= 11 is 0. The molecule has 2 amide bonds. The number of rotatable bonds is 6. The second kappa shape index (κ2) is 9.71. The van der Waals surface area contributed by atoms with Crippen molar-refractivity contribution in [3.05, 3.63) is 59.9 Å². The van der Waals surface area contributed by atoms with Crippen LogP contribution in [0.3, 0.4) is 0 Å². The molecule has 0 saturated carbocycles. The van der Waals surface area contributed by atoms with Gasteiger partial charge in [0.1, 0.15) is 11.6 Å². The van der Waals surface area contributed by atoms with Crippen molar-refractivity contribution in [3.63, 3.8) is 0 Å². The summed E-state index contributed by atoms with van der Waals surface area (Å²) in [6.07, 6.45) is 0. The predicted molar refractivity (Wildman–Crippen MR) is 114 cm³/mol. The molecule has 0 radical (unpaired) electrons. The summed E-state index contributed by atoms with van der Waals surface area (Å²) in [5, 5.41) is 2.69. The molecule has 1 saturated heterocycles. The molecular weight excluding hydrogens is 385 g/mol. The van der Waals surface area contributed by atoms with Crippen LogP contribution in [0.2, 0.25) is 0 Å². The average Bonchev–Trinajstić information content (AvgIpc) is 2.71. The summed E-state index contributed by atoms with van der Waals surface area (Å²) in [5.41, 5.74) is 1.74. The Kier molecular flexibility index (Phi) is 7.05. The SMILES string of the molecule is CC(=O)Nc1ccc(OCC(=O)N2C[C@H](C)N(Cc3ccc(F)cc3)C[C@H]2C)cc1. The molecule has 2 aromatic rings. The lowest BCUT2D eigenvalue weighted by atomic mass is 10.1. The van der Waals surface area contributed by atoms with Gasteiger partial charge in [-0.05, 0) is 55.8 Å². The summed E-state index contributed by atoms with van der Waals surface area (Å²) in [7, 11) is 0. The quantitative estimate of drug-likeness (QED) is 0.790. The fraction of sp³-hybridized carbons (Fsp3) is 0.391. The molecule has 1 heterocycles. The molecule has 2 aromatic carbocycles. The molecule has 160 valence electrons. The maximum atomic E-state index is 13.1. The molecule has 0 bridgehead atoms. The van der Waals surface area contributed by atoms with Gasteiger partial charge >= 0.3 is 0 Å². The predicted octanol–water partition coefficient (Wildman–Crippen LogP) is 3.28. The molecule has 30 heavy (non-hydrogen) atoms. The first-order valence-electron chi connectivity index (χ1n) is 10.1. The van der Waals surface area contributed by atoms with Crippen molar-refractivity contribution < 1.29 is 18.7 Å². The molecule has 0 spiro atoms. The molecule has 1 N–H and O–H groups in total. The Morgan fingerprint density at radius 3 is 2.33 bits per heavy atom. The largest absolute Gasteiger partial charge is 0.484 e. The van der Waals surface area contributed by atoms with Crippen LogP contribution in [0, 0.1) is 5.82 Å². The normalized spacial score (nSPS) is 19.4. The fourth-order valence-electron chi connectivity index (χ4n) is 3.66. The molecule has 1 aliphatic rings. The number of anilines is 1. The van der Waals surface area contributed by atoms with Gasteiger partial charge in [-0.1, -0.05) is 12.1 Å². The maximum Gasteiger partial charge on any atom is 0.260 e. The van der Waals surface area contributed by atoms with Gasteiger partial charge in [-0.2, -0.15) is 0 Å². The third kappa shape index (κ3) is 5.79. The van der Waals surface area contributed by atoms with Crippen molar-refractivity contribution >= 4 is 17.5 Å². The third-order valence-electron chi connectivity index (χ3n) is 5.27. The van der Waals surface area contributed by atoms with E-state index in [-0.39, 0.29) is 36.3 Å². The topological polar surface area (TPSA) is 61.9 Å². The zero-order valence-electron chi connectivity index (χ0n) is 17.6. The van der Waals surface area contributed by atoms with Gasteiger partial charge in [0.25, 0.3) is 5.91 Å². The van der Waals surface area contributed by atoms with Gasteiger partial charge in [0.05, 0.1) is 0 Å². The van der Waals surface area contributed by atoms with E-state index in [0.717, 1.165) is 18.7 Å². The van der Waals surface area contributed by atoms with Crippen molar-refractivity contribution in [1.29, 1.82) is 0 Å². The molecule has 2 atom stereocenters. The van der Waals surface area contributed by atoms with Crippen LogP contribution in [0.1, 0.15) is 26.3 Å². The second-order valence-corrected chi connectivity index (χ2v) is 7.79. The van der Waals surface area contributed by atoms with E-state index in [1.807, 2.05) is 11.8 Å². The number of carbonyl (C=O) groups is 2. The highest BCUT2D eigenvalue weighted by Gasteiger charge is 2.32. The lowest BCUT2D eigenvalue weighted by Crippen LogP contribution is -2.58. The molecule has 1 fully saturated rings. The molecule has 1 aliphatic heterocycles. The van der Waals surface area contributed by atoms with E-state index in [2.05, 4.69) is 17.1 Å². The molecular formula is C23H28FN3O3. The van der Waals surface area contributed by atoms with E-state index in [4.69, 9.17) is 4.74 Å². The van der Waals surface area contributed by atoms with E-state index in [0.29, 0.717) is 18.0 Å². The fourth-order valence-corrected chi connectivity index (χ4v) is 3.66. The van der Waals surface area contributed by atoms with E-state index in [1.165, 1.54) is 19.1 Å². The molecule has 3 rings (SSSR count). The molecule has 0 aromatic heterocycles. The highest BCUT2D eigenvalue weighted by atomic mass is 19.1. The lowest BCUT2D eigenvalue weighted by molar-refractivity contribution is -0.139. The number of nitrogens with zero attached hydrogens (tertiary/aromatic N) is 2. The number of piperazine rings is 1. The Labute approximate surface area is 176 Å². The minimum Gasteiger partial charge on any atom is -0.484 e. The van der Waals surface area contributed by atoms with Gasteiger partial charge in [0.2, 0.25) is 5.91 Å². The first kappa shape index (κ1) is 21.8. The Hall–Kier alpha value is -2.93. The van der Waals surface area contributed by atoms with Crippen LogP contribution in [0.5, 0.6) is 5.75 Å². The van der Waals surface area contributed by atoms with Gasteiger partial charge in [-0.3, -0.25) is 14.5 Å². The summed E-state index contributed by atoms with van der Waals surface area (Å²) in [6, 6.07) is 13.7. The Bertz CT molecular complexity index is 870. The van der Waals surface area contributed by atoms with Crippen molar-refractivity contribution in [2.75, 3.05) is 25.0 Å². The second-order valence-electron chi connectivity index (χ2n) is 7.79. The smallest absolute Gasteiger partial charge is 0.260 e. The van der Waals surface area contributed by atoms with E-state index >= 15 is 0 Å². The zero-order chi connectivity index (χ0) is 21.7. The van der Waals surface area contributed by atoms with Gasteiger partial charge in [-0.25, -0.2) is 4.39 Å². The highest BCUT2D eigenvalue weighted by molar-refractivity contribution is 5.88. The van der Waals surface area contributed by atoms with Gasteiger partial charge < -0.3 is 15.0 Å². The first-order chi connectivity index (χ1) is 14.3. The monoisotopic (exact) mass is 413 g/mol. The standard InChI is InChI=1S/C23H28FN3O3/c1-16-13-27(17(2)12-26(16)14-19-4-6-20(24)7-5-19)23(29)15-30-22-10-8-21(9-11-22)25-18(3)28/h4-11,16-17H,12-15H2,1-3H3,(H,25,28)/t16-,17+/m0/s1. The van der Waals surface area contributed by atoms with Crippen molar-refractivity contribution in [2.24, 2.45) is 0 Å². The number of carbonyl (C=O) groups excluding carboxylic acids is 2. The average molecular weight is 413 g/mol. The minimum atomic E-state index is -0.236. The van der Waals surface area contributed by atoms with E-state index < -0.39 is 0 Å². The zero-order valence-corrected chi connectivity index (χ0v) is 17.6. The highest BCUT2D eigenvalue weighted by Crippen LogP contribution is 2.20. The molecule has 7 heteroatoms. The van der Waals surface area contributed by atoms with Gasteiger partial charge in [-0.15, -0.1) is 0 Å². The van der Waals surface area contributed by atoms with Crippen molar-refractivity contribution in [1.82, 2.24) is 9.80 Å². The first-order valence-corrected chi connectivity index (χ1v) is 10.1. The number of amides is 2. The van der Waals surface area contributed by atoms with Gasteiger partial charge in [0.15, 0.2) is 6.61 Å². The number of nitrogens with one attached hydrogen (secondary N) is 1. The summed E-state index contributed by atoms with van der Waals surface area (Å²) in [5.74, 6) is 0.149. The van der Waals surface area contributed by atoms with Crippen LogP contribution in [-0.2, 0) is 16.1 Å². The summed E-state index contributed by atoms with van der Waals surface area (Å²) < 4.78 is 18.8. The molecule has 0 aliphatic carbocycles. The number of ether oxygens (including phenoxy) is 1. The number of hydrogen-bond donors (Lipinski definition) is 1. The van der Waals surface area contributed by atoms with Crippen LogP contribution in [-0.4, -0.2) is 53.4 Å². The van der Waals surface area contributed by atoms with Crippen LogP contribution in [0.4, 0.5) is 10.1 Å². The van der Waals surface area contributed by atoms with Crippen molar-refractivity contribution in [2.45, 2.75) is 39.4 Å². The van der Waals surface area contributed by atoms with Crippen LogP contribution in [0.15, 0.2) is 48.5 Å². The number of hydrogen-bond acceptors (Lipinski definition) is 4. The van der Waals surface area contributed by atoms with Crippen molar-refractivity contribution in [3.8, 4) is 5.75 Å². The Balaban J connectivity index is 1.52. The summed E-state index contributed by atoms with van der Waals surface area (Å²) in [4.78, 5) is 28.0. The number of benzene rings is 2. The van der Waals surface area contributed by atoms with E-state index in [9.17, 15) is 14.0 Å². The Morgan fingerprint density at radius 2 is 1.70 bits per heavy atom. The minimum absolute atomic E-state index is 0.0332. The third-order valence-corrected chi connectivity index (χ3v) is 5.27. The van der Waals surface area contributed by atoms with Crippen LogP contribution >= 0.6 is 0 Å². The van der Waals surface area contributed by atoms with E-state index in [1.54, 1.807) is 36.4 Å².